The summed E-state index contributed by atoms with van der Waals surface area (Å²) in [5.74, 6) is 0.740. The molecule has 0 amide bonds. The molecule has 0 bridgehead atoms. The number of hydrogen-bond acceptors (Lipinski definition) is 3. The van der Waals surface area contributed by atoms with Gasteiger partial charge in [0.05, 0.1) is 0 Å². The Hall–Kier alpha value is -0.960. The first-order valence-corrected chi connectivity index (χ1v) is 5.77. The number of benzene rings is 1. The highest BCUT2D eigenvalue weighted by atomic mass is 32.2. The van der Waals surface area contributed by atoms with Crippen molar-refractivity contribution in [3.05, 3.63) is 23.1 Å². The van der Waals surface area contributed by atoms with E-state index in [2.05, 4.69) is 31.2 Å². The zero-order valence-corrected chi connectivity index (χ0v) is 9.66. The van der Waals surface area contributed by atoms with Crippen molar-refractivity contribution in [2.75, 3.05) is 6.26 Å². The van der Waals surface area contributed by atoms with Crippen molar-refractivity contribution in [1.82, 2.24) is 4.98 Å². The van der Waals surface area contributed by atoms with Crippen molar-refractivity contribution in [3.63, 3.8) is 0 Å². The first kappa shape index (κ1) is 9.59. The lowest BCUT2D eigenvalue weighted by molar-refractivity contribution is 0.558. The molecule has 0 aliphatic heterocycles. The Bertz CT molecular complexity index is 487. The van der Waals surface area contributed by atoms with Crippen LogP contribution >= 0.6 is 11.8 Å². The Labute approximate surface area is 87.7 Å². The number of thioether (sulfide) groups is 1. The summed E-state index contributed by atoms with van der Waals surface area (Å²) in [6.45, 7) is 6.04. The Balaban J connectivity index is 2.86. The molecule has 0 fully saturated rings. The maximum absolute atomic E-state index is 5.60. The largest absolute Gasteiger partial charge is 0.441 e. The fraction of sp³-hybridized carbons (Fsp3) is 0.364. The fourth-order valence-corrected chi connectivity index (χ4v) is 2.34. The summed E-state index contributed by atoms with van der Waals surface area (Å²) in [4.78, 5) is 5.64. The smallest absolute Gasteiger partial charge is 0.192 e. The Morgan fingerprint density at radius 3 is 2.64 bits per heavy atom. The number of aryl methyl sites for hydroxylation is 3. The van der Waals surface area contributed by atoms with E-state index in [1.165, 1.54) is 16.0 Å². The molecule has 1 aromatic heterocycles. The molecule has 74 valence electrons. The standard InChI is InChI=1S/C11H13NOS/c1-6-5-9(14-4)7(2)11-10(6)12-8(3)13-11/h5H,1-4H3. The van der Waals surface area contributed by atoms with E-state index < -0.39 is 0 Å². The number of fused-ring (bicyclic) bond motifs is 1. The van der Waals surface area contributed by atoms with Gasteiger partial charge in [0.2, 0.25) is 0 Å². The first-order valence-electron chi connectivity index (χ1n) is 4.55. The predicted molar refractivity (Wildman–Crippen MR) is 60.0 cm³/mol. The van der Waals surface area contributed by atoms with Crippen molar-refractivity contribution >= 4 is 22.9 Å². The summed E-state index contributed by atoms with van der Waals surface area (Å²) in [6.07, 6.45) is 2.08. The molecule has 3 heteroatoms. The van der Waals surface area contributed by atoms with E-state index in [1.807, 2.05) is 6.92 Å². The number of aromatic nitrogens is 1. The number of hydrogen-bond donors (Lipinski definition) is 0. The van der Waals surface area contributed by atoms with Crippen molar-refractivity contribution in [3.8, 4) is 0 Å². The van der Waals surface area contributed by atoms with Gasteiger partial charge in [0.25, 0.3) is 0 Å². The van der Waals surface area contributed by atoms with Gasteiger partial charge in [0, 0.05) is 17.4 Å². The number of nitrogens with zero attached hydrogens (tertiary/aromatic N) is 1. The molecule has 2 aromatic rings. The number of oxazole rings is 1. The molecule has 0 aliphatic carbocycles. The average Bonchev–Trinajstić information content (AvgIpc) is 2.54. The van der Waals surface area contributed by atoms with Crippen LogP contribution in [0.25, 0.3) is 11.1 Å². The fourth-order valence-electron chi connectivity index (χ4n) is 1.65. The Morgan fingerprint density at radius 2 is 2.00 bits per heavy atom. The van der Waals surface area contributed by atoms with Crippen LogP contribution in [0.1, 0.15) is 17.0 Å². The summed E-state index contributed by atoms with van der Waals surface area (Å²) < 4.78 is 5.60. The molecule has 14 heavy (non-hydrogen) atoms. The quantitative estimate of drug-likeness (QED) is 0.670. The topological polar surface area (TPSA) is 26.0 Å². The van der Waals surface area contributed by atoms with Gasteiger partial charge >= 0.3 is 0 Å². The van der Waals surface area contributed by atoms with E-state index in [-0.39, 0.29) is 0 Å². The van der Waals surface area contributed by atoms with E-state index in [0.717, 1.165) is 17.0 Å². The van der Waals surface area contributed by atoms with Crippen LogP contribution in [0, 0.1) is 20.8 Å². The number of rotatable bonds is 1. The van der Waals surface area contributed by atoms with Crippen LogP contribution in [-0.2, 0) is 0 Å². The normalized spacial score (nSPS) is 11.1. The predicted octanol–water partition coefficient (Wildman–Crippen LogP) is 3.47. The van der Waals surface area contributed by atoms with Gasteiger partial charge in [-0.1, -0.05) is 0 Å². The van der Waals surface area contributed by atoms with Gasteiger partial charge in [0.1, 0.15) is 5.52 Å². The molecule has 2 rings (SSSR count). The van der Waals surface area contributed by atoms with E-state index in [4.69, 9.17) is 4.42 Å². The van der Waals surface area contributed by atoms with Crippen LogP contribution in [-0.4, -0.2) is 11.2 Å². The molecule has 0 unspecified atom stereocenters. The molecule has 0 aliphatic rings. The van der Waals surface area contributed by atoms with Gasteiger partial charge in [-0.25, -0.2) is 4.98 Å². The van der Waals surface area contributed by atoms with Crippen molar-refractivity contribution in [2.24, 2.45) is 0 Å². The monoisotopic (exact) mass is 207 g/mol. The molecule has 0 radical (unpaired) electrons. The summed E-state index contributed by atoms with van der Waals surface area (Å²) in [5, 5.41) is 0. The van der Waals surface area contributed by atoms with Crippen molar-refractivity contribution in [2.45, 2.75) is 25.7 Å². The second-order valence-corrected chi connectivity index (χ2v) is 4.28. The van der Waals surface area contributed by atoms with Gasteiger partial charge in [0.15, 0.2) is 11.5 Å². The van der Waals surface area contributed by atoms with Crippen LogP contribution in [0.15, 0.2) is 15.4 Å². The van der Waals surface area contributed by atoms with Crippen LogP contribution in [0.5, 0.6) is 0 Å². The van der Waals surface area contributed by atoms with Gasteiger partial charge < -0.3 is 4.42 Å². The Morgan fingerprint density at radius 1 is 1.29 bits per heavy atom. The van der Waals surface area contributed by atoms with E-state index >= 15 is 0 Å². The van der Waals surface area contributed by atoms with Crippen molar-refractivity contribution in [1.29, 1.82) is 0 Å². The zero-order chi connectivity index (χ0) is 10.3. The third-order valence-corrected chi connectivity index (χ3v) is 3.25. The molecule has 1 heterocycles. The molecular formula is C11H13NOS. The maximum Gasteiger partial charge on any atom is 0.192 e. The van der Waals surface area contributed by atoms with Gasteiger partial charge in [-0.15, -0.1) is 11.8 Å². The molecule has 0 atom stereocenters. The molecule has 0 spiro atoms. The lowest BCUT2D eigenvalue weighted by Crippen LogP contribution is -1.84. The van der Waals surface area contributed by atoms with Crippen LogP contribution in [0.3, 0.4) is 0 Å². The third-order valence-electron chi connectivity index (χ3n) is 2.39. The van der Waals surface area contributed by atoms with Crippen LogP contribution in [0.2, 0.25) is 0 Å². The zero-order valence-electron chi connectivity index (χ0n) is 8.84. The second-order valence-electron chi connectivity index (χ2n) is 3.43. The summed E-state index contributed by atoms with van der Waals surface area (Å²) >= 11 is 1.75. The molecule has 0 N–H and O–H groups in total. The van der Waals surface area contributed by atoms with Gasteiger partial charge in [-0.3, -0.25) is 0 Å². The molecule has 0 saturated carbocycles. The molecule has 0 saturated heterocycles. The van der Waals surface area contributed by atoms with Crippen molar-refractivity contribution < 1.29 is 4.42 Å². The van der Waals surface area contributed by atoms with Crippen LogP contribution < -0.4 is 0 Å². The minimum atomic E-state index is 0.740. The maximum atomic E-state index is 5.60. The summed E-state index contributed by atoms with van der Waals surface area (Å²) in [7, 11) is 0. The summed E-state index contributed by atoms with van der Waals surface area (Å²) in [6, 6.07) is 2.17. The van der Waals surface area contributed by atoms with Crippen LogP contribution in [0.4, 0.5) is 0 Å². The molecule has 1 aromatic carbocycles. The minimum absolute atomic E-state index is 0.740. The highest BCUT2D eigenvalue weighted by molar-refractivity contribution is 7.98. The SMILES string of the molecule is CSc1cc(C)c2nc(C)oc2c1C. The van der Waals surface area contributed by atoms with E-state index in [1.54, 1.807) is 11.8 Å². The third kappa shape index (κ3) is 1.32. The highest BCUT2D eigenvalue weighted by Crippen LogP contribution is 2.30. The molecular weight excluding hydrogens is 194 g/mol. The van der Waals surface area contributed by atoms with Gasteiger partial charge in [-0.2, -0.15) is 0 Å². The average molecular weight is 207 g/mol. The summed E-state index contributed by atoms with van der Waals surface area (Å²) in [5.41, 5.74) is 4.31. The second kappa shape index (κ2) is 3.31. The van der Waals surface area contributed by atoms with E-state index in [0.29, 0.717) is 0 Å². The minimum Gasteiger partial charge on any atom is -0.441 e. The Kier molecular flexibility index (Phi) is 2.27. The lowest BCUT2D eigenvalue weighted by atomic mass is 10.1. The van der Waals surface area contributed by atoms with E-state index in [9.17, 15) is 0 Å². The molecule has 2 nitrogen and oxygen atoms in total. The highest BCUT2D eigenvalue weighted by Gasteiger charge is 2.11. The van der Waals surface area contributed by atoms with Gasteiger partial charge in [-0.05, 0) is 31.7 Å². The lowest BCUT2D eigenvalue weighted by Gasteiger charge is -2.03. The first-order chi connectivity index (χ1) is 6.63.